The van der Waals surface area contributed by atoms with E-state index in [0.717, 1.165) is 11.6 Å². The molecule has 0 atom stereocenters. The number of rotatable bonds is 5. The largest absolute Gasteiger partial charge is 0.297 e. The van der Waals surface area contributed by atoms with Gasteiger partial charge >= 0.3 is 0 Å². The van der Waals surface area contributed by atoms with Crippen molar-refractivity contribution in [3.8, 4) is 0 Å². The van der Waals surface area contributed by atoms with E-state index in [1.807, 2.05) is 6.92 Å². The van der Waals surface area contributed by atoms with Crippen molar-refractivity contribution in [3.05, 3.63) is 42.5 Å². The van der Waals surface area contributed by atoms with Gasteiger partial charge < -0.3 is 0 Å². The molecule has 1 aromatic carbocycles. The Morgan fingerprint density at radius 3 is 2.44 bits per heavy atom. The maximum absolute atomic E-state index is 11.6. The highest BCUT2D eigenvalue weighted by atomic mass is 32.2. The van der Waals surface area contributed by atoms with E-state index >= 15 is 0 Å². The molecule has 0 fully saturated rings. The first-order chi connectivity index (χ1) is 7.45. The van der Waals surface area contributed by atoms with Crippen molar-refractivity contribution in [1.82, 2.24) is 0 Å². The third-order valence-corrected chi connectivity index (χ3v) is 3.17. The minimum absolute atomic E-state index is 0.0370. The van der Waals surface area contributed by atoms with E-state index in [1.165, 1.54) is 12.1 Å². The molecule has 0 saturated heterocycles. The van der Waals surface area contributed by atoms with E-state index in [9.17, 15) is 13.2 Å². The molecule has 0 N–H and O–H groups in total. The fourth-order valence-electron chi connectivity index (χ4n) is 0.968. The van der Waals surface area contributed by atoms with Crippen molar-refractivity contribution < 1.29 is 17.4 Å². The van der Waals surface area contributed by atoms with E-state index in [0.29, 0.717) is 0 Å². The lowest BCUT2D eigenvalue weighted by atomic mass is 10.2. The Kier molecular flexibility index (Phi) is 3.98. The zero-order chi connectivity index (χ0) is 12.2. The Balaban J connectivity index is 2.82. The highest BCUT2D eigenvalue weighted by Crippen LogP contribution is 2.12. The van der Waals surface area contributed by atoms with Crippen LogP contribution in [0.5, 0.6) is 0 Å². The lowest BCUT2D eigenvalue weighted by Crippen LogP contribution is -2.12. The van der Waals surface area contributed by atoms with E-state index in [2.05, 4.69) is 10.8 Å². The quantitative estimate of drug-likeness (QED) is 0.577. The van der Waals surface area contributed by atoms with Gasteiger partial charge in [0, 0.05) is 0 Å². The van der Waals surface area contributed by atoms with E-state index in [4.69, 9.17) is 0 Å². The summed E-state index contributed by atoms with van der Waals surface area (Å²) in [6.45, 7) is 4.55. The van der Waals surface area contributed by atoms with Gasteiger partial charge in [0.1, 0.15) is 6.61 Å². The average Bonchev–Trinajstić information content (AvgIpc) is 2.26. The molecule has 0 spiro atoms. The smallest absolute Gasteiger partial charge is 0.292 e. The molecule has 0 aliphatic carbocycles. The second kappa shape index (κ2) is 5.05. The van der Waals surface area contributed by atoms with Crippen molar-refractivity contribution in [3.63, 3.8) is 0 Å². The number of hydrogen-bond acceptors (Lipinski definition) is 4. The van der Waals surface area contributed by atoms with Crippen LogP contribution in [0.2, 0.25) is 0 Å². The number of aryl methyl sites for hydroxylation is 1. The Labute approximate surface area is 94.7 Å². The van der Waals surface area contributed by atoms with E-state index in [1.54, 1.807) is 12.1 Å². The first-order valence-corrected chi connectivity index (χ1v) is 5.98. The van der Waals surface area contributed by atoms with Crippen LogP contribution in [-0.2, 0) is 19.1 Å². The summed E-state index contributed by atoms with van der Waals surface area (Å²) in [6, 6.07) is 6.18. The number of carbonyl (C=O) groups is 1. The molecular weight excluding hydrogens is 228 g/mol. The molecule has 0 aliphatic rings. The number of carbonyl (C=O) groups excluding carboxylic acids is 1. The standard InChI is InChI=1S/C11H12O4S/c1-3-10(12)8-15-16(13,14)11-6-4-9(2)5-7-11/h3-7H,1,8H2,2H3. The zero-order valence-corrected chi connectivity index (χ0v) is 9.66. The first-order valence-electron chi connectivity index (χ1n) is 4.57. The van der Waals surface area contributed by atoms with Gasteiger partial charge in [0.25, 0.3) is 10.1 Å². The average molecular weight is 240 g/mol. The number of ketones is 1. The molecule has 1 aromatic rings. The summed E-state index contributed by atoms with van der Waals surface area (Å²) in [5, 5.41) is 0. The molecule has 0 unspecified atom stereocenters. The Hall–Kier alpha value is -1.46. The molecule has 0 radical (unpaired) electrons. The van der Waals surface area contributed by atoms with Crippen LogP contribution in [0, 0.1) is 6.92 Å². The summed E-state index contributed by atoms with van der Waals surface area (Å²) < 4.78 is 27.7. The summed E-state index contributed by atoms with van der Waals surface area (Å²) in [5.74, 6) is -0.476. The Morgan fingerprint density at radius 2 is 1.94 bits per heavy atom. The van der Waals surface area contributed by atoms with Gasteiger partial charge in [-0.2, -0.15) is 8.42 Å². The van der Waals surface area contributed by atoms with Crippen molar-refractivity contribution in [2.24, 2.45) is 0 Å². The van der Waals surface area contributed by atoms with Gasteiger partial charge in [0.2, 0.25) is 0 Å². The van der Waals surface area contributed by atoms with E-state index in [-0.39, 0.29) is 4.90 Å². The van der Waals surface area contributed by atoms with Gasteiger partial charge in [-0.25, -0.2) is 0 Å². The molecule has 0 aliphatic heterocycles. The van der Waals surface area contributed by atoms with Crippen LogP contribution in [0.4, 0.5) is 0 Å². The highest BCUT2D eigenvalue weighted by molar-refractivity contribution is 7.86. The van der Waals surface area contributed by atoms with Gasteiger partial charge in [-0.3, -0.25) is 8.98 Å². The van der Waals surface area contributed by atoms with Crippen LogP contribution in [0.15, 0.2) is 41.8 Å². The lowest BCUT2D eigenvalue weighted by Gasteiger charge is -2.03. The summed E-state index contributed by atoms with van der Waals surface area (Å²) >= 11 is 0. The SMILES string of the molecule is C=CC(=O)COS(=O)(=O)c1ccc(C)cc1. The Bertz CT molecular complexity index is 485. The molecule has 1 rings (SSSR count). The summed E-state index contributed by atoms with van der Waals surface area (Å²) in [7, 11) is -3.85. The molecule has 5 heteroatoms. The van der Waals surface area contributed by atoms with Crippen LogP contribution in [0.3, 0.4) is 0 Å². The minimum Gasteiger partial charge on any atom is -0.292 e. The summed E-state index contributed by atoms with van der Waals surface area (Å²) in [5.41, 5.74) is 0.945. The van der Waals surface area contributed by atoms with Crippen molar-refractivity contribution in [2.45, 2.75) is 11.8 Å². The highest BCUT2D eigenvalue weighted by Gasteiger charge is 2.15. The van der Waals surface area contributed by atoms with Gasteiger partial charge in [0.05, 0.1) is 4.90 Å². The normalized spacial score (nSPS) is 11.1. The van der Waals surface area contributed by atoms with Gasteiger partial charge in [0.15, 0.2) is 5.78 Å². The molecule has 0 saturated carbocycles. The van der Waals surface area contributed by atoms with Crippen LogP contribution in [0.25, 0.3) is 0 Å². The molecule has 0 bridgehead atoms. The summed E-state index contributed by atoms with van der Waals surface area (Å²) in [4.78, 5) is 10.9. The second-order valence-corrected chi connectivity index (χ2v) is 4.82. The van der Waals surface area contributed by atoms with Gasteiger partial charge in [-0.15, -0.1) is 0 Å². The van der Waals surface area contributed by atoms with E-state index < -0.39 is 22.5 Å². The van der Waals surface area contributed by atoms with Gasteiger partial charge in [-0.05, 0) is 25.1 Å². The van der Waals surface area contributed by atoms with Crippen molar-refractivity contribution in [1.29, 1.82) is 0 Å². The molecular formula is C11H12O4S. The summed E-state index contributed by atoms with van der Waals surface area (Å²) in [6.07, 6.45) is 1.02. The topological polar surface area (TPSA) is 60.4 Å². The van der Waals surface area contributed by atoms with Crippen molar-refractivity contribution >= 4 is 15.9 Å². The fourth-order valence-corrected chi connectivity index (χ4v) is 1.84. The fraction of sp³-hybridized carbons (Fsp3) is 0.182. The predicted molar refractivity (Wildman–Crippen MR) is 59.5 cm³/mol. The zero-order valence-electron chi connectivity index (χ0n) is 8.84. The third-order valence-electron chi connectivity index (χ3n) is 1.89. The van der Waals surface area contributed by atoms with Crippen LogP contribution in [-0.4, -0.2) is 20.8 Å². The lowest BCUT2D eigenvalue weighted by molar-refractivity contribution is -0.116. The predicted octanol–water partition coefficient (Wildman–Crippen LogP) is 1.46. The molecule has 86 valence electrons. The molecule has 16 heavy (non-hydrogen) atoms. The molecule has 0 amide bonds. The van der Waals surface area contributed by atoms with Crippen LogP contribution >= 0.6 is 0 Å². The monoisotopic (exact) mass is 240 g/mol. The minimum atomic E-state index is -3.85. The molecule has 0 heterocycles. The number of hydrogen-bond donors (Lipinski definition) is 0. The molecule has 0 aromatic heterocycles. The van der Waals surface area contributed by atoms with Crippen LogP contribution < -0.4 is 0 Å². The van der Waals surface area contributed by atoms with Crippen LogP contribution in [0.1, 0.15) is 5.56 Å². The second-order valence-electron chi connectivity index (χ2n) is 3.20. The first kappa shape index (κ1) is 12.6. The third kappa shape index (κ3) is 3.29. The molecule has 4 nitrogen and oxygen atoms in total. The maximum atomic E-state index is 11.6. The number of benzene rings is 1. The van der Waals surface area contributed by atoms with Crippen molar-refractivity contribution in [2.75, 3.05) is 6.61 Å². The Morgan fingerprint density at radius 1 is 1.38 bits per heavy atom. The van der Waals surface area contributed by atoms with Gasteiger partial charge in [-0.1, -0.05) is 24.3 Å². The maximum Gasteiger partial charge on any atom is 0.297 e.